The second-order valence-corrected chi connectivity index (χ2v) is 7.20. The Kier molecular flexibility index (Phi) is 3.24. The summed E-state index contributed by atoms with van der Waals surface area (Å²) in [5.74, 6) is -2.27. The van der Waals surface area contributed by atoms with Crippen LogP contribution in [0.4, 0.5) is 0 Å². The first-order valence-electron chi connectivity index (χ1n) is 8.22. The van der Waals surface area contributed by atoms with Crippen molar-refractivity contribution in [1.29, 1.82) is 0 Å². The fourth-order valence-electron chi connectivity index (χ4n) is 5.35. The molecule has 6 atom stereocenters. The van der Waals surface area contributed by atoms with Gasteiger partial charge < -0.3 is 19.3 Å². The monoisotopic (exact) mass is 310 g/mol. The molecule has 0 amide bonds. The highest BCUT2D eigenvalue weighted by molar-refractivity contribution is 5.79. The average molecular weight is 310 g/mol. The third-order valence-electron chi connectivity index (χ3n) is 6.18. The van der Waals surface area contributed by atoms with E-state index in [1.807, 2.05) is 6.92 Å². The molecule has 2 saturated heterocycles. The highest BCUT2D eigenvalue weighted by Gasteiger charge is 2.60. The van der Waals surface area contributed by atoms with Crippen LogP contribution in [0.5, 0.6) is 0 Å². The predicted octanol–water partition coefficient (Wildman–Crippen LogP) is 1.43. The fraction of sp³-hybridized carbons (Fsp3) is 0.875. The second-order valence-electron chi connectivity index (χ2n) is 7.20. The van der Waals surface area contributed by atoms with E-state index in [0.717, 1.165) is 12.8 Å². The van der Waals surface area contributed by atoms with Crippen LogP contribution < -0.4 is 0 Å². The number of esters is 1. The standard InChI is InChI=1S/C16H22O6/c1-8-12-11(15(19)22-8)6-9-7-16(20-4-5-21-16)3-2-10(9)13(12)14(17)18/h8-13H,2-7H2,1H3,(H,17,18)/t8-,9-,10-,11-,12-,13+/m1/s1. The number of carbonyl (C=O) groups excluding carboxylic acids is 1. The van der Waals surface area contributed by atoms with Gasteiger partial charge in [-0.1, -0.05) is 0 Å². The third kappa shape index (κ3) is 2.00. The summed E-state index contributed by atoms with van der Waals surface area (Å²) in [6.45, 7) is 3.03. The molecule has 2 aliphatic carbocycles. The Bertz CT molecular complexity index is 497. The van der Waals surface area contributed by atoms with Crippen molar-refractivity contribution in [2.45, 2.75) is 44.5 Å². The quantitative estimate of drug-likeness (QED) is 0.738. The van der Waals surface area contributed by atoms with Gasteiger partial charge in [-0.2, -0.15) is 0 Å². The number of aliphatic carboxylic acids is 1. The SMILES string of the molecule is C[C@H]1OC(=O)[C@@H]2C[C@@H]3CC4(CC[C@H]3[C@H](C(=O)O)[C@H]12)OCCO4. The number of hydrogen-bond acceptors (Lipinski definition) is 5. The van der Waals surface area contributed by atoms with Crippen LogP contribution in [0.25, 0.3) is 0 Å². The molecule has 0 bridgehead atoms. The third-order valence-corrected chi connectivity index (χ3v) is 6.18. The summed E-state index contributed by atoms with van der Waals surface area (Å²) in [5, 5.41) is 9.76. The number of fused-ring (bicyclic) bond motifs is 2. The van der Waals surface area contributed by atoms with Gasteiger partial charge in [-0.3, -0.25) is 9.59 Å². The molecule has 4 aliphatic rings. The lowest BCUT2D eigenvalue weighted by molar-refractivity contribution is -0.209. The molecule has 0 aromatic rings. The summed E-state index contributed by atoms with van der Waals surface area (Å²) in [6.07, 6.45) is 2.64. The van der Waals surface area contributed by atoms with E-state index in [4.69, 9.17) is 14.2 Å². The van der Waals surface area contributed by atoms with Crippen LogP contribution in [-0.4, -0.2) is 42.1 Å². The number of carboxylic acids is 1. The van der Waals surface area contributed by atoms with E-state index >= 15 is 0 Å². The lowest BCUT2D eigenvalue weighted by Crippen LogP contribution is -2.51. The van der Waals surface area contributed by atoms with E-state index in [1.165, 1.54) is 0 Å². The van der Waals surface area contributed by atoms with Crippen molar-refractivity contribution in [2.24, 2.45) is 29.6 Å². The highest BCUT2D eigenvalue weighted by Crippen LogP contribution is 2.55. The Labute approximate surface area is 129 Å². The van der Waals surface area contributed by atoms with Gasteiger partial charge >= 0.3 is 11.9 Å². The average Bonchev–Trinajstić information content (AvgIpc) is 3.02. The van der Waals surface area contributed by atoms with Gasteiger partial charge in [0.15, 0.2) is 5.79 Å². The summed E-state index contributed by atoms with van der Waals surface area (Å²) in [6, 6.07) is 0. The van der Waals surface area contributed by atoms with Crippen molar-refractivity contribution in [3.05, 3.63) is 0 Å². The van der Waals surface area contributed by atoms with Crippen molar-refractivity contribution >= 4 is 11.9 Å². The number of ether oxygens (including phenoxy) is 3. The van der Waals surface area contributed by atoms with Crippen LogP contribution >= 0.6 is 0 Å². The Balaban J connectivity index is 1.63. The van der Waals surface area contributed by atoms with Crippen LogP contribution in [0.2, 0.25) is 0 Å². The van der Waals surface area contributed by atoms with E-state index in [0.29, 0.717) is 26.1 Å². The van der Waals surface area contributed by atoms with Crippen molar-refractivity contribution in [3.8, 4) is 0 Å². The lowest BCUT2D eigenvalue weighted by Gasteiger charge is -2.48. The lowest BCUT2D eigenvalue weighted by atomic mass is 9.56. The molecule has 0 aromatic carbocycles. The molecular formula is C16H22O6. The van der Waals surface area contributed by atoms with Crippen molar-refractivity contribution < 1.29 is 28.9 Å². The van der Waals surface area contributed by atoms with Crippen LogP contribution in [0, 0.1) is 29.6 Å². The Hall–Kier alpha value is -1.14. The second kappa shape index (κ2) is 4.93. The minimum Gasteiger partial charge on any atom is -0.481 e. The molecule has 4 fully saturated rings. The van der Waals surface area contributed by atoms with Gasteiger partial charge in [0.1, 0.15) is 6.10 Å². The summed E-state index contributed by atoms with van der Waals surface area (Å²) in [7, 11) is 0. The summed E-state index contributed by atoms with van der Waals surface area (Å²) < 4.78 is 16.9. The van der Waals surface area contributed by atoms with Gasteiger partial charge in [0.05, 0.1) is 25.0 Å². The molecular weight excluding hydrogens is 288 g/mol. The molecule has 2 aliphatic heterocycles. The summed E-state index contributed by atoms with van der Waals surface area (Å²) >= 11 is 0. The van der Waals surface area contributed by atoms with E-state index in [-0.39, 0.29) is 35.7 Å². The van der Waals surface area contributed by atoms with Crippen molar-refractivity contribution in [2.75, 3.05) is 13.2 Å². The molecule has 0 unspecified atom stereocenters. The maximum atomic E-state index is 12.1. The maximum absolute atomic E-state index is 12.1. The van der Waals surface area contributed by atoms with Gasteiger partial charge in [0.25, 0.3) is 0 Å². The molecule has 2 saturated carbocycles. The first-order chi connectivity index (χ1) is 10.5. The van der Waals surface area contributed by atoms with Crippen LogP contribution in [0.3, 0.4) is 0 Å². The molecule has 0 radical (unpaired) electrons. The number of carboxylic acid groups (broad SMARTS) is 1. The van der Waals surface area contributed by atoms with Gasteiger partial charge in [-0.15, -0.1) is 0 Å². The number of cyclic esters (lactones) is 1. The van der Waals surface area contributed by atoms with Crippen LogP contribution in [0.15, 0.2) is 0 Å². The number of rotatable bonds is 1. The minimum absolute atomic E-state index is 0.0918. The molecule has 2 heterocycles. The normalized spacial score (nSPS) is 46.1. The Morgan fingerprint density at radius 3 is 2.73 bits per heavy atom. The van der Waals surface area contributed by atoms with Crippen LogP contribution in [0.1, 0.15) is 32.6 Å². The number of carbonyl (C=O) groups is 2. The fourth-order valence-corrected chi connectivity index (χ4v) is 5.35. The van der Waals surface area contributed by atoms with E-state index < -0.39 is 17.7 Å². The maximum Gasteiger partial charge on any atom is 0.309 e. The van der Waals surface area contributed by atoms with E-state index in [1.54, 1.807) is 0 Å². The Morgan fingerprint density at radius 1 is 1.32 bits per heavy atom. The van der Waals surface area contributed by atoms with Gasteiger partial charge in [0.2, 0.25) is 0 Å². The van der Waals surface area contributed by atoms with E-state index in [9.17, 15) is 14.7 Å². The predicted molar refractivity (Wildman–Crippen MR) is 73.7 cm³/mol. The molecule has 0 aromatic heterocycles. The smallest absolute Gasteiger partial charge is 0.309 e. The van der Waals surface area contributed by atoms with E-state index in [2.05, 4.69) is 0 Å². The van der Waals surface area contributed by atoms with Crippen molar-refractivity contribution in [3.63, 3.8) is 0 Å². The van der Waals surface area contributed by atoms with Gasteiger partial charge in [-0.05, 0) is 31.6 Å². The molecule has 6 nitrogen and oxygen atoms in total. The molecule has 6 heteroatoms. The topological polar surface area (TPSA) is 82.1 Å². The minimum atomic E-state index is -0.793. The van der Waals surface area contributed by atoms with Gasteiger partial charge in [-0.25, -0.2) is 0 Å². The summed E-state index contributed by atoms with van der Waals surface area (Å²) in [4.78, 5) is 24.0. The zero-order valence-corrected chi connectivity index (χ0v) is 12.7. The van der Waals surface area contributed by atoms with Gasteiger partial charge in [0, 0.05) is 18.8 Å². The first kappa shape index (κ1) is 14.5. The molecule has 1 spiro atoms. The van der Waals surface area contributed by atoms with Crippen LogP contribution in [-0.2, 0) is 23.8 Å². The highest BCUT2D eigenvalue weighted by atomic mass is 16.7. The Morgan fingerprint density at radius 2 is 2.05 bits per heavy atom. The first-order valence-corrected chi connectivity index (χ1v) is 8.22. The number of hydrogen-bond donors (Lipinski definition) is 1. The largest absolute Gasteiger partial charge is 0.481 e. The zero-order valence-electron chi connectivity index (χ0n) is 12.7. The molecule has 22 heavy (non-hydrogen) atoms. The van der Waals surface area contributed by atoms with Crippen molar-refractivity contribution in [1.82, 2.24) is 0 Å². The molecule has 4 rings (SSSR count). The molecule has 122 valence electrons. The molecule has 1 N–H and O–H groups in total. The zero-order chi connectivity index (χ0) is 15.5. The summed E-state index contributed by atoms with van der Waals surface area (Å²) in [5.41, 5.74) is 0.